The molecule has 0 fully saturated rings. The molecule has 0 bridgehead atoms. The summed E-state index contributed by atoms with van der Waals surface area (Å²) in [5.41, 5.74) is 3.43. The van der Waals surface area contributed by atoms with E-state index < -0.39 is 0 Å². The van der Waals surface area contributed by atoms with Crippen molar-refractivity contribution in [2.45, 2.75) is 20.5 Å². The van der Waals surface area contributed by atoms with Crippen LogP contribution in [-0.2, 0) is 6.61 Å². The molecule has 0 aliphatic carbocycles. The normalized spacial score (nSPS) is 11.1. The van der Waals surface area contributed by atoms with Crippen molar-refractivity contribution in [3.05, 3.63) is 86.4 Å². The van der Waals surface area contributed by atoms with Gasteiger partial charge >= 0.3 is 0 Å². The van der Waals surface area contributed by atoms with Gasteiger partial charge in [0.15, 0.2) is 11.5 Å². The van der Waals surface area contributed by atoms with Crippen molar-refractivity contribution < 1.29 is 9.47 Å². The maximum atomic E-state index is 6.48. The monoisotopic (exact) mass is 447 g/mol. The van der Waals surface area contributed by atoms with Crippen LogP contribution < -0.4 is 9.47 Å². The molecule has 3 rings (SSSR count). The fraction of sp³-hybridized carbons (Fsp3) is 0.174. The summed E-state index contributed by atoms with van der Waals surface area (Å²) >= 11 is 18.9. The molecule has 0 aliphatic rings. The quantitative estimate of drug-likeness (QED) is 0.347. The fourth-order valence-electron chi connectivity index (χ4n) is 2.64. The van der Waals surface area contributed by atoms with Gasteiger partial charge in [-0.2, -0.15) is 0 Å². The lowest BCUT2D eigenvalue weighted by molar-refractivity contribution is 0.269. The van der Waals surface area contributed by atoms with Gasteiger partial charge in [0, 0.05) is 21.8 Å². The maximum absolute atomic E-state index is 6.48. The third-order valence-corrected chi connectivity index (χ3v) is 5.24. The minimum absolute atomic E-state index is 0.286. The van der Waals surface area contributed by atoms with Crippen LogP contribution >= 0.6 is 34.8 Å². The third kappa shape index (κ3) is 5.66. The first-order valence-electron chi connectivity index (χ1n) is 9.10. The Hall–Kier alpha value is -2.20. The molecule has 0 amide bonds. The number of hydrogen-bond acceptors (Lipinski definition) is 3. The molecule has 0 saturated carbocycles. The summed E-state index contributed by atoms with van der Waals surface area (Å²) in [6, 6.07) is 16.8. The Morgan fingerprint density at radius 2 is 1.69 bits per heavy atom. The number of ether oxygens (including phenoxy) is 2. The Morgan fingerprint density at radius 3 is 2.41 bits per heavy atom. The number of hydrogen-bond donors (Lipinski definition) is 0. The van der Waals surface area contributed by atoms with Gasteiger partial charge in [-0.05, 0) is 55.3 Å². The summed E-state index contributed by atoms with van der Waals surface area (Å²) in [5.74, 6) is 1.03. The summed E-state index contributed by atoms with van der Waals surface area (Å²) in [6.45, 7) is 4.62. The van der Waals surface area contributed by atoms with E-state index in [2.05, 4.69) is 4.99 Å². The molecule has 3 nitrogen and oxygen atoms in total. The highest BCUT2D eigenvalue weighted by molar-refractivity contribution is 6.33. The zero-order valence-electron chi connectivity index (χ0n) is 16.1. The van der Waals surface area contributed by atoms with Gasteiger partial charge < -0.3 is 9.47 Å². The fourth-order valence-corrected chi connectivity index (χ4v) is 3.28. The van der Waals surface area contributed by atoms with Gasteiger partial charge in [0.05, 0.1) is 17.3 Å². The van der Waals surface area contributed by atoms with Crippen molar-refractivity contribution in [3.8, 4) is 11.5 Å². The van der Waals surface area contributed by atoms with Crippen LogP contribution in [0.25, 0.3) is 0 Å². The summed E-state index contributed by atoms with van der Waals surface area (Å²) in [4.78, 5) is 4.47. The summed E-state index contributed by atoms with van der Waals surface area (Å²) in [6.07, 6.45) is 1.72. The molecule has 0 aromatic heterocycles. The van der Waals surface area contributed by atoms with E-state index in [4.69, 9.17) is 44.3 Å². The minimum atomic E-state index is 0.286. The molecule has 6 heteroatoms. The topological polar surface area (TPSA) is 30.8 Å². The van der Waals surface area contributed by atoms with Crippen molar-refractivity contribution in [2.75, 3.05) is 6.61 Å². The maximum Gasteiger partial charge on any atom is 0.180 e. The van der Waals surface area contributed by atoms with Crippen LogP contribution in [0, 0.1) is 6.92 Å². The number of aryl methyl sites for hydroxylation is 1. The van der Waals surface area contributed by atoms with Gasteiger partial charge in [-0.1, -0.05) is 59.1 Å². The zero-order chi connectivity index (χ0) is 20.8. The molecule has 29 heavy (non-hydrogen) atoms. The SMILES string of the molecule is CCOc1cc(C=Nc2ccc(C)c(Cl)c2)cc(Cl)c1OCc1ccccc1Cl. The molecule has 0 aliphatic heterocycles. The highest BCUT2D eigenvalue weighted by Crippen LogP contribution is 2.37. The zero-order valence-corrected chi connectivity index (χ0v) is 18.4. The first-order valence-corrected chi connectivity index (χ1v) is 10.2. The van der Waals surface area contributed by atoms with Crippen molar-refractivity contribution in [1.82, 2.24) is 0 Å². The lowest BCUT2D eigenvalue weighted by Gasteiger charge is -2.15. The average Bonchev–Trinajstić information content (AvgIpc) is 2.70. The van der Waals surface area contributed by atoms with E-state index in [1.165, 1.54) is 0 Å². The Labute approximate surface area is 185 Å². The Morgan fingerprint density at radius 1 is 0.897 bits per heavy atom. The average molecular weight is 449 g/mol. The molecule has 0 unspecified atom stereocenters. The van der Waals surface area contributed by atoms with Crippen LogP contribution in [0.2, 0.25) is 15.1 Å². The van der Waals surface area contributed by atoms with Crippen molar-refractivity contribution in [3.63, 3.8) is 0 Å². The van der Waals surface area contributed by atoms with Crippen LogP contribution in [0.1, 0.15) is 23.6 Å². The van der Waals surface area contributed by atoms with E-state index >= 15 is 0 Å². The molecule has 0 saturated heterocycles. The van der Waals surface area contributed by atoms with Crippen molar-refractivity contribution in [2.24, 2.45) is 4.99 Å². The van der Waals surface area contributed by atoms with Crippen molar-refractivity contribution >= 4 is 46.7 Å². The van der Waals surface area contributed by atoms with E-state index in [1.807, 2.05) is 62.4 Å². The second-order valence-corrected chi connectivity index (χ2v) is 7.56. The molecule has 150 valence electrons. The third-order valence-electron chi connectivity index (χ3n) is 4.18. The van der Waals surface area contributed by atoms with E-state index in [-0.39, 0.29) is 6.61 Å². The Balaban J connectivity index is 1.84. The first-order chi connectivity index (χ1) is 14.0. The number of rotatable bonds is 7. The Bertz CT molecular complexity index is 1030. The van der Waals surface area contributed by atoms with Crippen LogP contribution in [0.5, 0.6) is 11.5 Å². The Kier molecular flexibility index (Phi) is 7.43. The minimum Gasteiger partial charge on any atom is -0.490 e. The molecule has 0 spiro atoms. The van der Waals surface area contributed by atoms with Gasteiger partial charge in [0.25, 0.3) is 0 Å². The lowest BCUT2D eigenvalue weighted by atomic mass is 10.2. The van der Waals surface area contributed by atoms with Crippen LogP contribution in [-0.4, -0.2) is 12.8 Å². The second-order valence-electron chi connectivity index (χ2n) is 6.33. The second kappa shape index (κ2) is 10.0. The largest absolute Gasteiger partial charge is 0.490 e. The van der Waals surface area contributed by atoms with Crippen molar-refractivity contribution in [1.29, 1.82) is 0 Å². The number of benzene rings is 3. The van der Waals surface area contributed by atoms with Gasteiger partial charge in [-0.15, -0.1) is 0 Å². The van der Waals surface area contributed by atoms with E-state index in [1.54, 1.807) is 12.3 Å². The predicted octanol–water partition coefficient (Wildman–Crippen LogP) is 7.68. The van der Waals surface area contributed by atoms with Crippen LogP contribution in [0.3, 0.4) is 0 Å². The standard InChI is InChI=1S/C23H20Cl3NO2/c1-3-28-22-11-16(13-27-18-9-8-15(2)20(25)12-18)10-21(26)23(22)29-14-17-6-4-5-7-19(17)24/h4-13H,3,14H2,1-2H3. The molecule has 0 radical (unpaired) electrons. The van der Waals surface area contributed by atoms with Gasteiger partial charge in [0.2, 0.25) is 0 Å². The van der Waals surface area contributed by atoms with Gasteiger partial charge in [0.1, 0.15) is 6.61 Å². The number of halogens is 3. The van der Waals surface area contributed by atoms with E-state index in [9.17, 15) is 0 Å². The summed E-state index contributed by atoms with van der Waals surface area (Å²) < 4.78 is 11.7. The highest BCUT2D eigenvalue weighted by Gasteiger charge is 2.13. The van der Waals surface area contributed by atoms with E-state index in [0.29, 0.717) is 33.2 Å². The lowest BCUT2D eigenvalue weighted by Crippen LogP contribution is -2.01. The molecule has 3 aromatic rings. The highest BCUT2D eigenvalue weighted by atomic mass is 35.5. The first kappa shape index (κ1) is 21.5. The van der Waals surface area contributed by atoms with Crippen LogP contribution in [0.4, 0.5) is 5.69 Å². The number of nitrogens with zero attached hydrogens (tertiary/aromatic N) is 1. The smallest absolute Gasteiger partial charge is 0.180 e. The summed E-state index contributed by atoms with van der Waals surface area (Å²) in [5, 5.41) is 1.75. The molecule has 0 N–H and O–H groups in total. The predicted molar refractivity (Wildman–Crippen MR) is 122 cm³/mol. The number of aliphatic imine (C=N–C) groups is 1. The molecule has 0 heterocycles. The summed E-state index contributed by atoms with van der Waals surface area (Å²) in [7, 11) is 0. The molecular formula is C23H20Cl3NO2. The van der Waals surface area contributed by atoms with Crippen LogP contribution in [0.15, 0.2) is 59.6 Å². The van der Waals surface area contributed by atoms with E-state index in [0.717, 1.165) is 22.4 Å². The van der Waals surface area contributed by atoms with Gasteiger partial charge in [-0.3, -0.25) is 4.99 Å². The molecule has 3 aromatic carbocycles. The molecule has 0 atom stereocenters. The molecular weight excluding hydrogens is 429 g/mol. The van der Waals surface area contributed by atoms with Gasteiger partial charge in [-0.25, -0.2) is 0 Å².